The molecule has 1 aromatic carbocycles. The van der Waals surface area contributed by atoms with Crippen LogP contribution in [0.5, 0.6) is 5.75 Å². The fourth-order valence-electron chi connectivity index (χ4n) is 1.68. The molecule has 0 saturated heterocycles. The lowest BCUT2D eigenvalue weighted by Gasteiger charge is -2.26. The molecular weight excluding hydrogens is 200 g/mol. The van der Waals surface area contributed by atoms with Crippen molar-refractivity contribution in [1.82, 2.24) is 4.90 Å². The first-order valence-corrected chi connectivity index (χ1v) is 5.60. The van der Waals surface area contributed by atoms with E-state index in [1.54, 1.807) is 7.11 Å². The van der Waals surface area contributed by atoms with Gasteiger partial charge in [0.2, 0.25) is 0 Å². The summed E-state index contributed by atoms with van der Waals surface area (Å²) in [5.74, 6) is 0.920. The van der Waals surface area contributed by atoms with Crippen molar-refractivity contribution in [2.24, 2.45) is 5.73 Å². The molecule has 0 aromatic heterocycles. The number of hydrogen-bond acceptors (Lipinski definition) is 3. The van der Waals surface area contributed by atoms with Crippen LogP contribution >= 0.6 is 0 Å². The van der Waals surface area contributed by atoms with Crippen molar-refractivity contribution in [2.75, 3.05) is 21.2 Å². The SMILES string of the molecule is COc1ccccc1CC(N)C(C)N(C)C. The largest absolute Gasteiger partial charge is 0.496 e. The molecule has 1 aromatic rings. The van der Waals surface area contributed by atoms with Crippen LogP contribution < -0.4 is 10.5 Å². The lowest BCUT2D eigenvalue weighted by molar-refractivity contribution is 0.270. The van der Waals surface area contributed by atoms with Gasteiger partial charge < -0.3 is 15.4 Å². The van der Waals surface area contributed by atoms with Crippen molar-refractivity contribution in [3.05, 3.63) is 29.8 Å². The van der Waals surface area contributed by atoms with Crippen LogP contribution in [-0.2, 0) is 6.42 Å². The molecule has 0 aliphatic heterocycles. The van der Waals surface area contributed by atoms with Crippen molar-refractivity contribution in [1.29, 1.82) is 0 Å². The Labute approximate surface area is 98.2 Å². The molecule has 0 saturated carbocycles. The number of nitrogens with two attached hydrogens (primary N) is 1. The van der Waals surface area contributed by atoms with E-state index in [1.807, 2.05) is 32.3 Å². The molecule has 0 fully saturated rings. The van der Waals surface area contributed by atoms with Gasteiger partial charge in [-0.3, -0.25) is 0 Å². The molecule has 0 spiro atoms. The van der Waals surface area contributed by atoms with E-state index in [1.165, 1.54) is 5.56 Å². The first-order valence-electron chi connectivity index (χ1n) is 5.60. The van der Waals surface area contributed by atoms with E-state index in [4.69, 9.17) is 10.5 Å². The Kier molecular flexibility index (Phi) is 4.77. The number of nitrogens with zero attached hydrogens (tertiary/aromatic N) is 1. The summed E-state index contributed by atoms with van der Waals surface area (Å²) in [7, 11) is 5.79. The Morgan fingerprint density at radius 3 is 2.50 bits per heavy atom. The third kappa shape index (κ3) is 3.22. The standard InChI is InChI=1S/C13H22N2O/c1-10(15(2)3)12(14)9-11-7-5-6-8-13(11)16-4/h5-8,10,12H,9,14H2,1-4H3. The predicted octanol–water partition coefficient (Wildman–Crippen LogP) is 1.52. The van der Waals surface area contributed by atoms with E-state index in [2.05, 4.69) is 17.9 Å². The van der Waals surface area contributed by atoms with Gasteiger partial charge in [-0.05, 0) is 39.1 Å². The highest BCUT2D eigenvalue weighted by Crippen LogP contribution is 2.19. The second-order valence-electron chi connectivity index (χ2n) is 4.38. The fraction of sp³-hybridized carbons (Fsp3) is 0.538. The maximum absolute atomic E-state index is 6.18. The van der Waals surface area contributed by atoms with Crippen LogP contribution in [0.2, 0.25) is 0 Å². The first kappa shape index (κ1) is 13.0. The molecule has 0 heterocycles. The van der Waals surface area contributed by atoms with Crippen LogP contribution in [0.3, 0.4) is 0 Å². The topological polar surface area (TPSA) is 38.5 Å². The van der Waals surface area contributed by atoms with Gasteiger partial charge in [0.1, 0.15) is 5.75 Å². The molecule has 2 N–H and O–H groups in total. The monoisotopic (exact) mass is 222 g/mol. The van der Waals surface area contributed by atoms with Crippen molar-refractivity contribution in [3.8, 4) is 5.75 Å². The highest BCUT2D eigenvalue weighted by atomic mass is 16.5. The Balaban J connectivity index is 2.72. The number of ether oxygens (including phenoxy) is 1. The zero-order valence-electron chi connectivity index (χ0n) is 10.6. The minimum atomic E-state index is 0.117. The highest BCUT2D eigenvalue weighted by molar-refractivity contribution is 5.33. The average molecular weight is 222 g/mol. The van der Waals surface area contributed by atoms with Crippen LogP contribution in [0.15, 0.2) is 24.3 Å². The van der Waals surface area contributed by atoms with Gasteiger partial charge in [-0.1, -0.05) is 18.2 Å². The zero-order valence-corrected chi connectivity index (χ0v) is 10.6. The fourth-order valence-corrected chi connectivity index (χ4v) is 1.68. The number of methoxy groups -OCH3 is 1. The Bertz CT molecular complexity index is 325. The van der Waals surface area contributed by atoms with Crippen LogP contribution in [0.25, 0.3) is 0 Å². The summed E-state index contributed by atoms with van der Waals surface area (Å²) in [6, 6.07) is 8.51. The summed E-state index contributed by atoms with van der Waals surface area (Å²) >= 11 is 0. The van der Waals surface area contributed by atoms with E-state index < -0.39 is 0 Å². The van der Waals surface area contributed by atoms with Gasteiger partial charge in [-0.15, -0.1) is 0 Å². The normalized spacial score (nSPS) is 14.9. The quantitative estimate of drug-likeness (QED) is 0.821. The summed E-state index contributed by atoms with van der Waals surface area (Å²) < 4.78 is 5.32. The van der Waals surface area contributed by atoms with Crippen molar-refractivity contribution < 1.29 is 4.74 Å². The molecule has 1 rings (SSSR count). The molecule has 90 valence electrons. The number of para-hydroxylation sites is 1. The lowest BCUT2D eigenvalue weighted by Crippen LogP contribution is -2.43. The van der Waals surface area contributed by atoms with Crippen LogP contribution in [0.1, 0.15) is 12.5 Å². The number of hydrogen-bond donors (Lipinski definition) is 1. The molecule has 0 bridgehead atoms. The van der Waals surface area contributed by atoms with Crippen LogP contribution in [0.4, 0.5) is 0 Å². The smallest absolute Gasteiger partial charge is 0.122 e. The molecule has 3 heteroatoms. The number of likely N-dealkylation sites (N-methyl/N-ethyl adjacent to an activating group) is 1. The summed E-state index contributed by atoms with van der Waals surface area (Å²) in [5, 5.41) is 0. The van der Waals surface area contributed by atoms with Gasteiger partial charge in [-0.2, -0.15) is 0 Å². The molecule has 2 unspecified atom stereocenters. The Hall–Kier alpha value is -1.06. The van der Waals surface area contributed by atoms with Crippen molar-refractivity contribution >= 4 is 0 Å². The lowest BCUT2D eigenvalue weighted by atomic mass is 10.00. The summed E-state index contributed by atoms with van der Waals surface area (Å²) in [6.07, 6.45) is 0.837. The van der Waals surface area contributed by atoms with Crippen molar-refractivity contribution in [2.45, 2.75) is 25.4 Å². The van der Waals surface area contributed by atoms with E-state index in [0.29, 0.717) is 6.04 Å². The summed E-state index contributed by atoms with van der Waals surface area (Å²) in [4.78, 5) is 2.14. The second-order valence-corrected chi connectivity index (χ2v) is 4.38. The molecule has 0 aliphatic rings. The third-order valence-corrected chi connectivity index (χ3v) is 3.08. The molecular formula is C13H22N2O. The molecule has 2 atom stereocenters. The maximum Gasteiger partial charge on any atom is 0.122 e. The number of rotatable bonds is 5. The highest BCUT2D eigenvalue weighted by Gasteiger charge is 2.16. The molecule has 0 aliphatic carbocycles. The Morgan fingerprint density at radius 2 is 1.94 bits per heavy atom. The van der Waals surface area contributed by atoms with Crippen LogP contribution in [0, 0.1) is 0 Å². The van der Waals surface area contributed by atoms with Gasteiger partial charge in [0.05, 0.1) is 7.11 Å². The molecule has 16 heavy (non-hydrogen) atoms. The van der Waals surface area contributed by atoms with E-state index in [9.17, 15) is 0 Å². The Morgan fingerprint density at radius 1 is 1.31 bits per heavy atom. The van der Waals surface area contributed by atoms with E-state index in [-0.39, 0.29) is 6.04 Å². The van der Waals surface area contributed by atoms with Gasteiger partial charge in [0, 0.05) is 12.1 Å². The van der Waals surface area contributed by atoms with Gasteiger partial charge in [-0.25, -0.2) is 0 Å². The minimum absolute atomic E-state index is 0.117. The third-order valence-electron chi connectivity index (χ3n) is 3.08. The maximum atomic E-state index is 6.18. The second kappa shape index (κ2) is 5.87. The number of benzene rings is 1. The summed E-state index contributed by atoms with van der Waals surface area (Å²) in [5.41, 5.74) is 7.35. The van der Waals surface area contributed by atoms with Gasteiger partial charge in [0.15, 0.2) is 0 Å². The minimum Gasteiger partial charge on any atom is -0.496 e. The predicted molar refractivity (Wildman–Crippen MR) is 67.8 cm³/mol. The van der Waals surface area contributed by atoms with Crippen molar-refractivity contribution in [3.63, 3.8) is 0 Å². The zero-order chi connectivity index (χ0) is 12.1. The summed E-state index contributed by atoms with van der Waals surface area (Å²) in [6.45, 7) is 2.14. The van der Waals surface area contributed by atoms with Crippen LogP contribution in [-0.4, -0.2) is 38.2 Å². The average Bonchev–Trinajstić information content (AvgIpc) is 2.28. The van der Waals surface area contributed by atoms with Gasteiger partial charge >= 0.3 is 0 Å². The van der Waals surface area contributed by atoms with E-state index >= 15 is 0 Å². The molecule has 0 amide bonds. The molecule has 3 nitrogen and oxygen atoms in total. The van der Waals surface area contributed by atoms with E-state index in [0.717, 1.165) is 12.2 Å². The van der Waals surface area contributed by atoms with Gasteiger partial charge in [0.25, 0.3) is 0 Å². The molecule has 0 radical (unpaired) electrons. The first-order chi connectivity index (χ1) is 7.56.